The number of carbonyl (C=O) groups is 2. The van der Waals surface area contributed by atoms with Crippen LogP contribution in [-0.4, -0.2) is 23.6 Å². The van der Waals surface area contributed by atoms with Crippen molar-refractivity contribution in [3.63, 3.8) is 0 Å². The Kier molecular flexibility index (Phi) is 7.89. The topological polar surface area (TPSA) is 75.6 Å². The van der Waals surface area contributed by atoms with E-state index >= 15 is 0 Å². The Morgan fingerprint density at radius 1 is 1.09 bits per heavy atom. The summed E-state index contributed by atoms with van der Waals surface area (Å²) in [5.74, 6) is -1.98. The highest BCUT2D eigenvalue weighted by atomic mass is 19.4. The molecule has 0 heterocycles. The van der Waals surface area contributed by atoms with Gasteiger partial charge in [-0.3, -0.25) is 9.59 Å². The second kappa shape index (κ2) is 10.5. The minimum atomic E-state index is -4.67. The molecule has 2 aromatic carbocycles. The Balaban J connectivity index is 1.81. The van der Waals surface area contributed by atoms with Crippen LogP contribution in [-0.2, 0) is 11.0 Å². The van der Waals surface area contributed by atoms with E-state index in [1.54, 1.807) is 26.0 Å². The van der Waals surface area contributed by atoms with Crippen LogP contribution in [0.1, 0.15) is 77.6 Å². The zero-order valence-corrected chi connectivity index (χ0v) is 19.6. The highest BCUT2D eigenvalue weighted by molar-refractivity contribution is 6.07. The minimum Gasteiger partial charge on any atom is -0.494 e. The summed E-state index contributed by atoms with van der Waals surface area (Å²) >= 11 is 0. The lowest BCUT2D eigenvalue weighted by atomic mass is 10.00. The van der Waals surface area contributed by atoms with Gasteiger partial charge in [-0.1, -0.05) is 32.3 Å². The van der Waals surface area contributed by atoms with Gasteiger partial charge in [0.25, 0.3) is 5.91 Å². The smallest absolute Gasteiger partial charge is 0.418 e. The quantitative estimate of drug-likeness (QED) is 0.373. The third-order valence-corrected chi connectivity index (χ3v) is 6.13. The number of benzene rings is 2. The summed E-state index contributed by atoms with van der Waals surface area (Å²) in [6, 6.07) is 6.86. The molecule has 1 amide bonds. The van der Waals surface area contributed by atoms with Crippen molar-refractivity contribution in [2.75, 3.05) is 11.9 Å². The van der Waals surface area contributed by atoms with E-state index in [2.05, 4.69) is 12.2 Å². The highest BCUT2D eigenvalue weighted by Gasteiger charge is 2.45. The van der Waals surface area contributed by atoms with Crippen LogP contribution >= 0.6 is 0 Å². The van der Waals surface area contributed by atoms with Crippen LogP contribution in [0.15, 0.2) is 30.3 Å². The molecule has 2 N–H and O–H groups in total. The summed E-state index contributed by atoms with van der Waals surface area (Å²) in [5.41, 5.74) is 0.598. The number of aliphatic carboxylic acids is 1. The van der Waals surface area contributed by atoms with Gasteiger partial charge in [0, 0.05) is 5.56 Å². The first-order valence-electron chi connectivity index (χ1n) is 11.5. The van der Waals surface area contributed by atoms with E-state index in [0.29, 0.717) is 35.5 Å². The number of unbranched alkanes of at least 4 members (excludes halogenated alkanes) is 3. The number of ether oxygens (including phenoxy) is 1. The van der Waals surface area contributed by atoms with Gasteiger partial charge in [0.15, 0.2) is 0 Å². The van der Waals surface area contributed by atoms with Crippen LogP contribution in [0, 0.1) is 19.8 Å². The number of amides is 1. The molecule has 2 atom stereocenters. The lowest BCUT2D eigenvalue weighted by Gasteiger charge is -2.17. The fraction of sp³-hybridized carbons (Fsp3) is 0.462. The average molecular weight is 478 g/mol. The second-order valence-electron chi connectivity index (χ2n) is 8.89. The van der Waals surface area contributed by atoms with Crippen molar-refractivity contribution >= 4 is 17.6 Å². The fourth-order valence-electron chi connectivity index (χ4n) is 4.25. The molecule has 2 aromatic rings. The number of carboxylic acid groups (broad SMARTS) is 1. The first kappa shape index (κ1) is 25.6. The van der Waals surface area contributed by atoms with Crippen molar-refractivity contribution in [1.82, 2.24) is 0 Å². The predicted octanol–water partition coefficient (Wildman–Crippen LogP) is 6.72. The Hall–Kier alpha value is -3.03. The standard InChI is InChI=1S/C26H30F3NO4/c1-4-5-6-7-10-34-18-11-15(2)23(16(3)12-18)24(31)30-22-13-17(19-14-20(19)25(32)33)8-9-21(22)26(27,28)29/h8-9,11-13,19-20H,4-7,10,14H2,1-3H3,(H,30,31)(H,32,33)/t19-,20-/m1/s1. The van der Waals surface area contributed by atoms with Gasteiger partial charge < -0.3 is 15.2 Å². The molecule has 0 spiro atoms. The minimum absolute atomic E-state index is 0.284. The molecule has 1 saturated carbocycles. The van der Waals surface area contributed by atoms with E-state index in [1.165, 1.54) is 12.1 Å². The van der Waals surface area contributed by atoms with Crippen LogP contribution < -0.4 is 10.1 Å². The maximum atomic E-state index is 13.6. The number of nitrogens with one attached hydrogen (secondary N) is 1. The maximum Gasteiger partial charge on any atom is 0.418 e. The SMILES string of the molecule is CCCCCCOc1cc(C)c(C(=O)Nc2cc([C@H]3C[C@H]3C(=O)O)ccc2C(F)(F)F)c(C)c1. The van der Waals surface area contributed by atoms with E-state index in [-0.39, 0.29) is 17.2 Å². The molecule has 5 nitrogen and oxygen atoms in total. The third kappa shape index (κ3) is 6.10. The average Bonchev–Trinajstić information content (AvgIpc) is 3.53. The van der Waals surface area contributed by atoms with E-state index in [4.69, 9.17) is 9.84 Å². The van der Waals surface area contributed by atoms with E-state index < -0.39 is 29.5 Å². The Bertz CT molecular complexity index is 1040. The van der Waals surface area contributed by atoms with Gasteiger partial charge in [-0.2, -0.15) is 13.2 Å². The monoisotopic (exact) mass is 477 g/mol. The van der Waals surface area contributed by atoms with Crippen LogP contribution in [0.5, 0.6) is 5.75 Å². The molecule has 0 radical (unpaired) electrons. The van der Waals surface area contributed by atoms with Gasteiger partial charge in [-0.05, 0) is 73.6 Å². The van der Waals surface area contributed by atoms with Gasteiger partial charge in [-0.25, -0.2) is 0 Å². The molecular formula is C26H30F3NO4. The summed E-state index contributed by atoms with van der Waals surface area (Å²) < 4.78 is 46.6. The Labute approximate surface area is 197 Å². The number of hydrogen-bond donors (Lipinski definition) is 2. The van der Waals surface area contributed by atoms with Crippen molar-refractivity contribution in [2.24, 2.45) is 5.92 Å². The van der Waals surface area contributed by atoms with E-state index in [1.807, 2.05) is 0 Å². The Morgan fingerprint density at radius 2 is 1.76 bits per heavy atom. The number of carboxylic acids is 1. The first-order valence-corrected chi connectivity index (χ1v) is 11.5. The molecule has 0 aromatic heterocycles. The molecule has 3 rings (SSSR count). The van der Waals surface area contributed by atoms with E-state index in [0.717, 1.165) is 31.7 Å². The number of hydrogen-bond acceptors (Lipinski definition) is 3. The third-order valence-electron chi connectivity index (χ3n) is 6.13. The number of rotatable bonds is 10. The van der Waals surface area contributed by atoms with Crippen molar-refractivity contribution in [2.45, 2.75) is 65.0 Å². The molecule has 34 heavy (non-hydrogen) atoms. The fourth-order valence-corrected chi connectivity index (χ4v) is 4.25. The number of aryl methyl sites for hydroxylation is 2. The van der Waals surface area contributed by atoms with Crippen molar-refractivity contribution in [1.29, 1.82) is 0 Å². The first-order chi connectivity index (χ1) is 16.0. The van der Waals surface area contributed by atoms with Crippen molar-refractivity contribution < 1.29 is 32.6 Å². The summed E-state index contributed by atoms with van der Waals surface area (Å²) in [7, 11) is 0. The van der Waals surface area contributed by atoms with Crippen molar-refractivity contribution in [3.05, 3.63) is 58.1 Å². The van der Waals surface area contributed by atoms with Crippen molar-refractivity contribution in [3.8, 4) is 5.75 Å². The zero-order chi connectivity index (χ0) is 25.0. The molecule has 0 unspecified atom stereocenters. The second-order valence-corrected chi connectivity index (χ2v) is 8.89. The molecule has 1 aliphatic rings. The largest absolute Gasteiger partial charge is 0.494 e. The maximum absolute atomic E-state index is 13.6. The number of carbonyl (C=O) groups excluding carboxylic acids is 1. The van der Waals surface area contributed by atoms with Gasteiger partial charge in [0.05, 0.1) is 23.8 Å². The summed E-state index contributed by atoms with van der Waals surface area (Å²) in [5, 5.41) is 11.6. The summed E-state index contributed by atoms with van der Waals surface area (Å²) in [6.45, 7) is 6.12. The zero-order valence-electron chi connectivity index (χ0n) is 19.6. The number of anilines is 1. The molecule has 8 heteroatoms. The number of alkyl halides is 3. The molecule has 184 valence electrons. The van der Waals surface area contributed by atoms with Crippen LogP contribution in [0.3, 0.4) is 0 Å². The molecular weight excluding hydrogens is 447 g/mol. The molecule has 0 aliphatic heterocycles. The predicted molar refractivity (Wildman–Crippen MR) is 123 cm³/mol. The van der Waals surface area contributed by atoms with Gasteiger partial charge in [-0.15, -0.1) is 0 Å². The van der Waals surface area contributed by atoms with E-state index in [9.17, 15) is 22.8 Å². The summed E-state index contributed by atoms with van der Waals surface area (Å²) in [4.78, 5) is 24.2. The molecule has 0 bridgehead atoms. The van der Waals surface area contributed by atoms with Gasteiger partial charge >= 0.3 is 12.1 Å². The normalized spacial score (nSPS) is 17.4. The number of halogens is 3. The summed E-state index contributed by atoms with van der Waals surface area (Å²) in [6.07, 6.45) is -0.0398. The molecule has 0 saturated heterocycles. The van der Waals surface area contributed by atoms with Gasteiger partial charge in [0.2, 0.25) is 0 Å². The lowest BCUT2D eigenvalue weighted by Crippen LogP contribution is -2.19. The highest BCUT2D eigenvalue weighted by Crippen LogP contribution is 2.49. The van der Waals surface area contributed by atoms with Crippen LogP contribution in [0.25, 0.3) is 0 Å². The lowest BCUT2D eigenvalue weighted by molar-refractivity contribution is -0.139. The van der Waals surface area contributed by atoms with Crippen LogP contribution in [0.4, 0.5) is 18.9 Å². The van der Waals surface area contributed by atoms with Gasteiger partial charge in [0.1, 0.15) is 5.75 Å². The van der Waals surface area contributed by atoms with Crippen LogP contribution in [0.2, 0.25) is 0 Å². The molecule has 1 fully saturated rings. The molecule has 1 aliphatic carbocycles. The Morgan fingerprint density at radius 3 is 2.32 bits per heavy atom.